The van der Waals surface area contributed by atoms with Crippen LogP contribution >= 0.6 is 0 Å². The Morgan fingerprint density at radius 2 is 1.26 bits per heavy atom. The molecule has 3 aromatic carbocycles. The molecule has 2 atom stereocenters. The molecule has 174 valence electrons. The molecule has 0 saturated heterocycles. The zero-order valence-electron chi connectivity index (χ0n) is 19.3. The second-order valence-electron chi connectivity index (χ2n) is 8.42. The van der Waals surface area contributed by atoms with E-state index >= 15 is 0 Å². The number of amides is 2. The number of hydrogen-bond acceptors (Lipinski definition) is 4. The third-order valence-corrected chi connectivity index (χ3v) is 6.24. The van der Waals surface area contributed by atoms with Crippen LogP contribution in [0.2, 0.25) is 0 Å². The molecule has 1 aliphatic carbocycles. The van der Waals surface area contributed by atoms with Gasteiger partial charge < -0.3 is 15.4 Å². The lowest BCUT2D eigenvalue weighted by atomic mass is 9.89. The minimum Gasteiger partial charge on any atom is -0.467 e. The highest BCUT2D eigenvalue weighted by molar-refractivity contribution is 5.90. The van der Waals surface area contributed by atoms with Gasteiger partial charge in [0.25, 0.3) is 0 Å². The maximum atomic E-state index is 12.8. The topological polar surface area (TPSA) is 84.5 Å². The Hall–Kier alpha value is -3.93. The molecule has 0 spiro atoms. The van der Waals surface area contributed by atoms with E-state index in [1.54, 1.807) is 0 Å². The van der Waals surface area contributed by atoms with Gasteiger partial charge in [-0.15, -0.1) is 0 Å². The predicted molar refractivity (Wildman–Crippen MR) is 130 cm³/mol. The molecule has 2 N–H and O–H groups in total. The Balaban J connectivity index is 1.45. The Morgan fingerprint density at radius 1 is 0.765 bits per heavy atom. The molecule has 0 bridgehead atoms. The molecule has 0 heterocycles. The fraction of sp³-hybridized carbons (Fsp3) is 0.250. The number of benzene rings is 3. The molecule has 6 nitrogen and oxygen atoms in total. The summed E-state index contributed by atoms with van der Waals surface area (Å²) in [7, 11) is 1.31. The third kappa shape index (κ3) is 4.86. The quantitative estimate of drug-likeness (QED) is 0.500. The molecule has 1 aliphatic rings. The van der Waals surface area contributed by atoms with E-state index in [0.29, 0.717) is 0 Å². The number of ether oxygens (including phenoxy) is 1. The molecular weight excluding hydrogens is 428 g/mol. The van der Waals surface area contributed by atoms with Crippen molar-refractivity contribution in [3.8, 4) is 11.1 Å². The second-order valence-corrected chi connectivity index (χ2v) is 8.42. The molecule has 0 unspecified atom stereocenters. The van der Waals surface area contributed by atoms with E-state index in [2.05, 4.69) is 10.6 Å². The molecule has 4 rings (SSSR count). The fourth-order valence-corrected chi connectivity index (χ4v) is 4.57. The molecule has 2 amide bonds. The largest absolute Gasteiger partial charge is 0.467 e. The first kappa shape index (κ1) is 23.2. The van der Waals surface area contributed by atoms with Gasteiger partial charge in [0.2, 0.25) is 11.8 Å². The van der Waals surface area contributed by atoms with Crippen molar-refractivity contribution in [1.82, 2.24) is 10.6 Å². The summed E-state index contributed by atoms with van der Waals surface area (Å²) >= 11 is 0. The summed E-state index contributed by atoms with van der Waals surface area (Å²) in [6.07, 6.45) is -0.00834. The maximum absolute atomic E-state index is 12.8. The zero-order chi connectivity index (χ0) is 24.1. The highest BCUT2D eigenvalue weighted by Crippen LogP contribution is 2.46. The lowest BCUT2D eigenvalue weighted by Crippen LogP contribution is -2.45. The number of carbonyl (C=O) groups excluding carboxylic acids is 3. The average Bonchev–Trinajstić information content (AvgIpc) is 3.20. The molecule has 0 aliphatic heterocycles. The van der Waals surface area contributed by atoms with Crippen molar-refractivity contribution >= 4 is 17.8 Å². The van der Waals surface area contributed by atoms with Crippen LogP contribution in [0.4, 0.5) is 0 Å². The zero-order valence-corrected chi connectivity index (χ0v) is 19.3. The van der Waals surface area contributed by atoms with Gasteiger partial charge in [0, 0.05) is 18.8 Å². The standard InChI is InChI=1S/C28H28N2O4/c1-18(19-10-4-3-5-11-19)29-24(31)16-17-25(32)30-27(28(33)34-2)26-22-14-8-6-12-20(22)21-13-7-9-15-23(21)26/h3-15,18,26-27H,16-17H2,1-2H3,(H,29,31)(H,30,32)/t18-,27+/m1/s1. The summed E-state index contributed by atoms with van der Waals surface area (Å²) in [5, 5.41) is 5.75. The number of methoxy groups -OCH3 is 1. The summed E-state index contributed by atoms with van der Waals surface area (Å²) in [4.78, 5) is 38.0. The SMILES string of the molecule is COC(=O)[C@@H](NC(=O)CCC(=O)N[C@H](C)c1ccccc1)C1c2ccccc2-c2ccccc21. The molecule has 3 aromatic rings. The van der Waals surface area contributed by atoms with Crippen molar-refractivity contribution in [2.75, 3.05) is 7.11 Å². The van der Waals surface area contributed by atoms with Gasteiger partial charge in [0.1, 0.15) is 6.04 Å². The third-order valence-electron chi connectivity index (χ3n) is 6.24. The highest BCUT2D eigenvalue weighted by Gasteiger charge is 2.39. The van der Waals surface area contributed by atoms with E-state index in [9.17, 15) is 14.4 Å². The number of carbonyl (C=O) groups is 3. The lowest BCUT2D eigenvalue weighted by Gasteiger charge is -2.24. The number of esters is 1. The number of nitrogens with one attached hydrogen (secondary N) is 2. The lowest BCUT2D eigenvalue weighted by molar-refractivity contribution is -0.145. The first-order chi connectivity index (χ1) is 16.5. The summed E-state index contributed by atoms with van der Waals surface area (Å²) in [5.41, 5.74) is 5.01. The van der Waals surface area contributed by atoms with Crippen molar-refractivity contribution in [2.45, 2.75) is 37.8 Å². The smallest absolute Gasteiger partial charge is 0.329 e. The van der Waals surface area contributed by atoms with E-state index in [1.165, 1.54) is 7.11 Å². The average molecular weight is 457 g/mol. The van der Waals surface area contributed by atoms with Gasteiger partial charge in [-0.3, -0.25) is 9.59 Å². The first-order valence-corrected chi connectivity index (χ1v) is 11.4. The van der Waals surface area contributed by atoms with Crippen LogP contribution in [0.25, 0.3) is 11.1 Å². The van der Waals surface area contributed by atoms with E-state index in [-0.39, 0.29) is 36.6 Å². The van der Waals surface area contributed by atoms with E-state index in [0.717, 1.165) is 27.8 Å². The Morgan fingerprint density at radius 3 is 1.82 bits per heavy atom. The van der Waals surface area contributed by atoms with Gasteiger partial charge in [-0.05, 0) is 34.7 Å². The van der Waals surface area contributed by atoms with Gasteiger partial charge >= 0.3 is 5.97 Å². The molecular formula is C28H28N2O4. The molecule has 0 saturated carbocycles. The van der Waals surface area contributed by atoms with Crippen LogP contribution in [0.5, 0.6) is 0 Å². The first-order valence-electron chi connectivity index (χ1n) is 11.4. The summed E-state index contributed by atoms with van der Waals surface area (Å²) in [6, 6.07) is 24.3. The Bertz CT molecular complexity index is 1150. The van der Waals surface area contributed by atoms with Gasteiger partial charge in [-0.2, -0.15) is 0 Å². The minimum absolute atomic E-state index is 0.0226. The van der Waals surface area contributed by atoms with Crippen LogP contribution < -0.4 is 10.6 Å². The molecule has 0 radical (unpaired) electrons. The van der Waals surface area contributed by atoms with Crippen molar-refractivity contribution in [3.63, 3.8) is 0 Å². The van der Waals surface area contributed by atoms with Crippen LogP contribution in [0.1, 0.15) is 48.4 Å². The normalized spacial score (nSPS) is 13.8. The molecule has 34 heavy (non-hydrogen) atoms. The van der Waals surface area contributed by atoms with Crippen molar-refractivity contribution < 1.29 is 19.1 Å². The second kappa shape index (κ2) is 10.3. The van der Waals surface area contributed by atoms with Crippen molar-refractivity contribution in [3.05, 3.63) is 95.6 Å². The van der Waals surface area contributed by atoms with Gasteiger partial charge in [0.05, 0.1) is 13.2 Å². The summed E-state index contributed by atoms with van der Waals surface area (Å²) in [6.45, 7) is 1.90. The van der Waals surface area contributed by atoms with Crippen LogP contribution in [0, 0.1) is 0 Å². The van der Waals surface area contributed by atoms with E-state index < -0.39 is 12.0 Å². The summed E-state index contributed by atoms with van der Waals surface area (Å²) in [5.74, 6) is -1.49. The maximum Gasteiger partial charge on any atom is 0.329 e. The predicted octanol–water partition coefficient (Wildman–Crippen LogP) is 4.11. The van der Waals surface area contributed by atoms with Crippen molar-refractivity contribution in [1.29, 1.82) is 0 Å². The van der Waals surface area contributed by atoms with Crippen LogP contribution in [0.3, 0.4) is 0 Å². The van der Waals surface area contributed by atoms with Gasteiger partial charge in [0.15, 0.2) is 0 Å². The fourth-order valence-electron chi connectivity index (χ4n) is 4.57. The van der Waals surface area contributed by atoms with Crippen molar-refractivity contribution in [2.24, 2.45) is 0 Å². The van der Waals surface area contributed by atoms with E-state index in [4.69, 9.17) is 4.74 Å². The molecule has 0 aromatic heterocycles. The van der Waals surface area contributed by atoms with Crippen LogP contribution in [-0.4, -0.2) is 30.9 Å². The van der Waals surface area contributed by atoms with Gasteiger partial charge in [-0.1, -0.05) is 78.9 Å². The van der Waals surface area contributed by atoms with Gasteiger partial charge in [-0.25, -0.2) is 4.79 Å². The van der Waals surface area contributed by atoms with Crippen LogP contribution in [-0.2, 0) is 19.1 Å². The summed E-state index contributed by atoms with van der Waals surface area (Å²) < 4.78 is 5.05. The highest BCUT2D eigenvalue weighted by atomic mass is 16.5. The molecule has 6 heteroatoms. The Kier molecular flexibility index (Phi) is 7.07. The molecule has 0 fully saturated rings. The minimum atomic E-state index is -0.895. The Labute approximate surface area is 199 Å². The number of fused-ring (bicyclic) bond motifs is 3. The number of rotatable bonds is 8. The monoisotopic (exact) mass is 456 g/mol. The van der Waals surface area contributed by atoms with E-state index in [1.807, 2.05) is 85.8 Å². The van der Waals surface area contributed by atoms with Crippen LogP contribution in [0.15, 0.2) is 78.9 Å². The number of hydrogen-bond donors (Lipinski definition) is 2.